The Kier molecular flexibility index (Phi) is 7.20. The molecule has 0 saturated carbocycles. The van der Waals surface area contributed by atoms with E-state index in [1.165, 1.54) is 12.8 Å². The van der Waals surface area contributed by atoms with Crippen molar-refractivity contribution in [1.82, 2.24) is 0 Å². The molecule has 2 heteroatoms. The lowest BCUT2D eigenvalue weighted by molar-refractivity contribution is -0.375. The smallest absolute Gasteiger partial charge is 0.0952 e. The summed E-state index contributed by atoms with van der Waals surface area (Å²) in [4.78, 5) is 10.9. The van der Waals surface area contributed by atoms with Crippen LogP contribution in [0.4, 0.5) is 0 Å². The molecule has 15 heavy (non-hydrogen) atoms. The van der Waals surface area contributed by atoms with Crippen molar-refractivity contribution >= 4 is 0 Å². The molecule has 0 N–H and O–H groups in total. The minimum Gasteiger partial charge on any atom is -0.233 e. The summed E-state index contributed by atoms with van der Waals surface area (Å²) in [7, 11) is 0. The molecule has 0 saturated heterocycles. The molecule has 0 bridgehead atoms. The first-order chi connectivity index (χ1) is 6.85. The van der Waals surface area contributed by atoms with Crippen LogP contribution in [-0.2, 0) is 9.78 Å². The highest BCUT2D eigenvalue weighted by Crippen LogP contribution is 2.18. The predicted molar refractivity (Wildman–Crippen MR) is 64.7 cm³/mol. The minimum atomic E-state index is -0.207. The first-order valence-corrected chi connectivity index (χ1v) is 6.19. The van der Waals surface area contributed by atoms with Crippen LogP contribution in [0.25, 0.3) is 0 Å². The number of rotatable bonds is 7. The average Bonchev–Trinajstić information content (AvgIpc) is 2.07. The molecule has 0 aliphatic rings. The lowest BCUT2D eigenvalue weighted by Crippen LogP contribution is -2.25. The van der Waals surface area contributed by atoms with Crippen LogP contribution in [0.5, 0.6) is 0 Å². The van der Waals surface area contributed by atoms with Crippen LogP contribution < -0.4 is 0 Å². The third-order valence-corrected chi connectivity index (χ3v) is 2.05. The van der Waals surface area contributed by atoms with E-state index >= 15 is 0 Å². The Morgan fingerprint density at radius 1 is 1.13 bits per heavy atom. The van der Waals surface area contributed by atoms with Gasteiger partial charge in [-0.3, -0.25) is 0 Å². The van der Waals surface area contributed by atoms with Gasteiger partial charge in [-0.15, -0.1) is 0 Å². The Bertz CT molecular complexity index is 147. The highest BCUT2D eigenvalue weighted by Gasteiger charge is 2.17. The molecule has 92 valence electrons. The van der Waals surface area contributed by atoms with Gasteiger partial charge in [0.25, 0.3) is 0 Å². The molecule has 0 aromatic carbocycles. The number of hydrogen-bond donors (Lipinski definition) is 0. The standard InChI is InChI=1S/C13H28O2/c1-7-8-9-12(10-11(2)3)14-15-13(4,5)6/h11-12H,7-10H2,1-6H3. The summed E-state index contributed by atoms with van der Waals surface area (Å²) in [6.45, 7) is 12.7. The Morgan fingerprint density at radius 2 is 1.73 bits per heavy atom. The van der Waals surface area contributed by atoms with Crippen molar-refractivity contribution in [3.05, 3.63) is 0 Å². The molecule has 1 unspecified atom stereocenters. The SMILES string of the molecule is CCCCC(CC(C)C)OOC(C)(C)C. The summed E-state index contributed by atoms with van der Waals surface area (Å²) in [6.07, 6.45) is 4.86. The molecule has 0 aliphatic carbocycles. The molecule has 0 spiro atoms. The lowest BCUT2D eigenvalue weighted by atomic mass is 10.0. The maximum Gasteiger partial charge on any atom is 0.0952 e. The minimum absolute atomic E-state index is 0.207. The molecule has 0 heterocycles. The maximum absolute atomic E-state index is 5.52. The van der Waals surface area contributed by atoms with E-state index in [4.69, 9.17) is 9.78 Å². The second-order valence-corrected chi connectivity index (χ2v) is 5.69. The van der Waals surface area contributed by atoms with E-state index in [0.29, 0.717) is 5.92 Å². The monoisotopic (exact) mass is 216 g/mol. The molecule has 0 aromatic rings. The van der Waals surface area contributed by atoms with Crippen molar-refractivity contribution in [3.8, 4) is 0 Å². The van der Waals surface area contributed by atoms with Crippen molar-refractivity contribution in [2.24, 2.45) is 5.92 Å². The van der Waals surface area contributed by atoms with Gasteiger partial charge in [0.1, 0.15) is 0 Å². The van der Waals surface area contributed by atoms with Crippen molar-refractivity contribution in [2.75, 3.05) is 0 Å². The van der Waals surface area contributed by atoms with Gasteiger partial charge in [0.05, 0.1) is 11.7 Å². The molecule has 0 fully saturated rings. The lowest BCUT2D eigenvalue weighted by Gasteiger charge is -2.24. The van der Waals surface area contributed by atoms with E-state index < -0.39 is 0 Å². The molecular formula is C13H28O2. The molecule has 0 radical (unpaired) electrons. The largest absolute Gasteiger partial charge is 0.233 e. The van der Waals surface area contributed by atoms with Crippen molar-refractivity contribution < 1.29 is 9.78 Å². The highest BCUT2D eigenvalue weighted by molar-refractivity contribution is 4.61. The summed E-state index contributed by atoms with van der Waals surface area (Å²) >= 11 is 0. The summed E-state index contributed by atoms with van der Waals surface area (Å²) in [6, 6.07) is 0. The van der Waals surface area contributed by atoms with Gasteiger partial charge in [-0.05, 0) is 39.5 Å². The topological polar surface area (TPSA) is 18.5 Å². The van der Waals surface area contributed by atoms with Gasteiger partial charge < -0.3 is 0 Å². The van der Waals surface area contributed by atoms with Crippen LogP contribution in [0, 0.1) is 5.92 Å². The zero-order chi connectivity index (χ0) is 11.9. The van der Waals surface area contributed by atoms with Crippen molar-refractivity contribution in [3.63, 3.8) is 0 Å². The Labute approximate surface area is 95.3 Å². The Morgan fingerprint density at radius 3 is 2.13 bits per heavy atom. The van der Waals surface area contributed by atoms with E-state index in [1.54, 1.807) is 0 Å². The fourth-order valence-electron chi connectivity index (χ4n) is 1.38. The molecule has 1 atom stereocenters. The van der Waals surface area contributed by atoms with E-state index in [2.05, 4.69) is 20.8 Å². The van der Waals surface area contributed by atoms with E-state index in [9.17, 15) is 0 Å². The van der Waals surface area contributed by atoms with Crippen LogP contribution in [0.3, 0.4) is 0 Å². The molecule has 0 aromatic heterocycles. The average molecular weight is 216 g/mol. The van der Waals surface area contributed by atoms with Gasteiger partial charge in [-0.1, -0.05) is 33.6 Å². The first-order valence-electron chi connectivity index (χ1n) is 6.19. The van der Waals surface area contributed by atoms with Crippen LogP contribution in [0.1, 0.15) is 67.2 Å². The molecule has 0 aliphatic heterocycles. The third-order valence-electron chi connectivity index (χ3n) is 2.05. The van der Waals surface area contributed by atoms with Crippen LogP contribution in [0.15, 0.2) is 0 Å². The molecule has 0 amide bonds. The molecular weight excluding hydrogens is 188 g/mol. The third kappa shape index (κ3) is 10.2. The maximum atomic E-state index is 5.52. The predicted octanol–water partition coefficient (Wildman–Crippen LogP) is 4.34. The fourth-order valence-corrected chi connectivity index (χ4v) is 1.38. The first kappa shape index (κ1) is 14.9. The second kappa shape index (κ2) is 7.24. The van der Waals surface area contributed by atoms with Gasteiger partial charge in [-0.2, -0.15) is 0 Å². The summed E-state index contributed by atoms with van der Waals surface area (Å²) in [5, 5.41) is 0. The van der Waals surface area contributed by atoms with Crippen LogP contribution in [0.2, 0.25) is 0 Å². The quantitative estimate of drug-likeness (QED) is 0.465. The summed E-state index contributed by atoms with van der Waals surface area (Å²) < 4.78 is 0. The van der Waals surface area contributed by atoms with Gasteiger partial charge in [0.2, 0.25) is 0 Å². The molecule has 0 rings (SSSR count). The number of unbranched alkanes of at least 4 members (excludes halogenated alkanes) is 1. The zero-order valence-electron chi connectivity index (χ0n) is 11.3. The van der Waals surface area contributed by atoms with Gasteiger partial charge in [0.15, 0.2) is 0 Å². The van der Waals surface area contributed by atoms with Crippen molar-refractivity contribution in [2.45, 2.75) is 78.9 Å². The second-order valence-electron chi connectivity index (χ2n) is 5.69. The van der Waals surface area contributed by atoms with Gasteiger partial charge in [0, 0.05) is 0 Å². The fraction of sp³-hybridized carbons (Fsp3) is 1.00. The summed E-state index contributed by atoms with van der Waals surface area (Å²) in [5.74, 6) is 0.662. The Balaban J connectivity index is 3.89. The normalized spacial score (nSPS) is 14.6. The van der Waals surface area contributed by atoms with Crippen LogP contribution >= 0.6 is 0 Å². The van der Waals surface area contributed by atoms with Gasteiger partial charge in [-0.25, -0.2) is 9.78 Å². The highest BCUT2D eigenvalue weighted by atomic mass is 17.2. The van der Waals surface area contributed by atoms with E-state index in [1.807, 2.05) is 20.8 Å². The zero-order valence-corrected chi connectivity index (χ0v) is 11.3. The van der Waals surface area contributed by atoms with Gasteiger partial charge >= 0.3 is 0 Å². The Hall–Kier alpha value is -0.0800. The molecule has 2 nitrogen and oxygen atoms in total. The van der Waals surface area contributed by atoms with Crippen LogP contribution in [-0.4, -0.2) is 11.7 Å². The van der Waals surface area contributed by atoms with E-state index in [0.717, 1.165) is 12.8 Å². The number of hydrogen-bond acceptors (Lipinski definition) is 2. The van der Waals surface area contributed by atoms with Crippen molar-refractivity contribution in [1.29, 1.82) is 0 Å². The summed E-state index contributed by atoms with van der Waals surface area (Å²) in [5.41, 5.74) is -0.207. The van der Waals surface area contributed by atoms with E-state index in [-0.39, 0.29) is 11.7 Å².